The van der Waals surface area contributed by atoms with Crippen LogP contribution in [0.3, 0.4) is 0 Å². The predicted octanol–water partition coefficient (Wildman–Crippen LogP) is 3.22. The lowest BCUT2D eigenvalue weighted by atomic mass is 9.99. The van der Waals surface area contributed by atoms with Gasteiger partial charge in [-0.05, 0) is 26.7 Å². The van der Waals surface area contributed by atoms with E-state index in [2.05, 4.69) is 10.2 Å². The molecule has 8 heteroatoms. The van der Waals surface area contributed by atoms with Crippen molar-refractivity contribution in [2.45, 2.75) is 51.7 Å². The topological polar surface area (TPSA) is 61.0 Å². The number of rotatable bonds is 2. The summed E-state index contributed by atoms with van der Waals surface area (Å²) in [5, 5.41) is 9.00. The summed E-state index contributed by atoms with van der Waals surface area (Å²) in [4.78, 5) is 13.7. The van der Waals surface area contributed by atoms with Crippen molar-refractivity contribution in [1.29, 1.82) is 0 Å². The number of aromatic nitrogens is 2. The minimum Gasteiger partial charge on any atom is -0.329 e. The molecule has 5 nitrogen and oxygen atoms in total. The smallest absolute Gasteiger partial charge is 0.329 e. The number of carbonyl (C=O) groups excluding carboxylic acids is 1. The number of hydrogen-bond donors (Lipinski definition) is 2. The molecule has 1 fully saturated rings. The summed E-state index contributed by atoms with van der Waals surface area (Å²) in [5.74, 6) is 0. The van der Waals surface area contributed by atoms with E-state index < -0.39 is 18.8 Å². The van der Waals surface area contributed by atoms with Gasteiger partial charge < -0.3 is 10.2 Å². The van der Waals surface area contributed by atoms with Crippen LogP contribution >= 0.6 is 0 Å². The van der Waals surface area contributed by atoms with Crippen molar-refractivity contribution in [3.05, 3.63) is 17.0 Å². The van der Waals surface area contributed by atoms with E-state index in [0.717, 1.165) is 42.6 Å². The quantitative estimate of drug-likeness (QED) is 0.879. The second kappa shape index (κ2) is 6.58. The van der Waals surface area contributed by atoms with E-state index in [-0.39, 0.29) is 6.04 Å². The number of alkyl halides is 3. The Balaban J connectivity index is 2.19. The molecule has 1 aromatic rings. The highest BCUT2D eigenvalue weighted by Gasteiger charge is 2.33. The van der Waals surface area contributed by atoms with Crippen LogP contribution in [0.25, 0.3) is 0 Å². The van der Waals surface area contributed by atoms with Crippen LogP contribution in [0.2, 0.25) is 0 Å². The van der Waals surface area contributed by atoms with Crippen LogP contribution in [-0.2, 0) is 0 Å². The number of urea groups is 1. The van der Waals surface area contributed by atoms with Gasteiger partial charge in [0.2, 0.25) is 0 Å². The number of nitrogens with zero attached hydrogens (tertiary/aromatic N) is 2. The zero-order valence-electron chi connectivity index (χ0n) is 12.8. The maximum Gasteiger partial charge on any atom is 0.405 e. The van der Waals surface area contributed by atoms with Crippen molar-refractivity contribution >= 4 is 6.03 Å². The van der Waals surface area contributed by atoms with Gasteiger partial charge in [0.25, 0.3) is 0 Å². The summed E-state index contributed by atoms with van der Waals surface area (Å²) in [6.07, 6.45) is -0.960. The third kappa shape index (κ3) is 3.92. The normalized spacial score (nSPS) is 19.9. The average molecular weight is 318 g/mol. The third-order valence-corrected chi connectivity index (χ3v) is 3.97. The summed E-state index contributed by atoms with van der Waals surface area (Å²) in [6, 6.07) is -0.890. The summed E-state index contributed by atoms with van der Waals surface area (Å²) in [7, 11) is 0. The van der Waals surface area contributed by atoms with Crippen molar-refractivity contribution in [2.24, 2.45) is 0 Å². The Bertz CT molecular complexity index is 507. The molecule has 0 aliphatic carbocycles. The van der Waals surface area contributed by atoms with Crippen molar-refractivity contribution in [1.82, 2.24) is 20.4 Å². The number of amides is 2. The van der Waals surface area contributed by atoms with Gasteiger partial charge >= 0.3 is 12.2 Å². The Morgan fingerprint density at radius 1 is 1.36 bits per heavy atom. The second-order valence-corrected chi connectivity index (χ2v) is 5.68. The molecule has 124 valence electrons. The molecule has 0 radical (unpaired) electrons. The lowest BCUT2D eigenvalue weighted by Gasteiger charge is -2.30. The molecule has 0 saturated carbocycles. The largest absolute Gasteiger partial charge is 0.405 e. The molecular formula is C14H21F3N4O. The second-order valence-electron chi connectivity index (χ2n) is 5.68. The van der Waals surface area contributed by atoms with Crippen molar-refractivity contribution in [2.75, 3.05) is 13.1 Å². The number of nitrogens with one attached hydrogen (secondary N) is 2. The number of carbonyl (C=O) groups is 1. The highest BCUT2D eigenvalue weighted by atomic mass is 19.4. The molecule has 0 aromatic carbocycles. The van der Waals surface area contributed by atoms with E-state index in [0.29, 0.717) is 6.54 Å². The molecule has 0 spiro atoms. The lowest BCUT2D eigenvalue weighted by Crippen LogP contribution is -2.45. The minimum absolute atomic E-state index is 0.227. The Morgan fingerprint density at radius 2 is 2.09 bits per heavy atom. The van der Waals surface area contributed by atoms with Crippen molar-refractivity contribution in [3.63, 3.8) is 0 Å². The van der Waals surface area contributed by atoms with Gasteiger partial charge in [-0.1, -0.05) is 12.8 Å². The Hall–Kier alpha value is -1.73. The first-order chi connectivity index (χ1) is 10.3. The number of halogens is 3. The van der Waals surface area contributed by atoms with Crippen molar-refractivity contribution in [3.8, 4) is 0 Å². The van der Waals surface area contributed by atoms with Crippen LogP contribution in [0.4, 0.5) is 18.0 Å². The number of H-pyrrole nitrogens is 1. The average Bonchev–Trinajstić information content (AvgIpc) is 2.66. The Morgan fingerprint density at radius 3 is 2.68 bits per heavy atom. The van der Waals surface area contributed by atoms with Crippen LogP contribution in [0, 0.1) is 13.8 Å². The van der Waals surface area contributed by atoms with Gasteiger partial charge in [-0.3, -0.25) is 5.10 Å². The maximum absolute atomic E-state index is 12.3. The molecule has 1 unspecified atom stereocenters. The van der Waals surface area contributed by atoms with E-state index in [1.807, 2.05) is 19.2 Å². The molecule has 0 bridgehead atoms. The van der Waals surface area contributed by atoms with E-state index in [1.54, 1.807) is 0 Å². The van der Waals surface area contributed by atoms with Gasteiger partial charge in [-0.15, -0.1) is 0 Å². The summed E-state index contributed by atoms with van der Waals surface area (Å²) >= 11 is 0. The van der Waals surface area contributed by atoms with Gasteiger partial charge in [-0.2, -0.15) is 18.3 Å². The lowest BCUT2D eigenvalue weighted by molar-refractivity contribution is -0.123. The van der Waals surface area contributed by atoms with Crippen LogP contribution in [0.5, 0.6) is 0 Å². The zero-order valence-corrected chi connectivity index (χ0v) is 12.8. The molecule has 2 N–H and O–H groups in total. The van der Waals surface area contributed by atoms with Crippen molar-refractivity contribution < 1.29 is 18.0 Å². The van der Waals surface area contributed by atoms with Crippen LogP contribution in [0.1, 0.15) is 48.7 Å². The Labute approximate surface area is 127 Å². The van der Waals surface area contributed by atoms with Gasteiger partial charge in [0, 0.05) is 17.8 Å². The molecule has 1 aromatic heterocycles. The molecule has 1 atom stereocenters. The third-order valence-electron chi connectivity index (χ3n) is 3.97. The summed E-state index contributed by atoms with van der Waals surface area (Å²) in [6.45, 7) is 2.86. The first kappa shape index (κ1) is 16.6. The number of aromatic amines is 1. The molecular weight excluding hydrogens is 297 g/mol. The predicted molar refractivity (Wildman–Crippen MR) is 75.4 cm³/mol. The fraction of sp³-hybridized carbons (Fsp3) is 0.714. The van der Waals surface area contributed by atoms with Gasteiger partial charge in [0.15, 0.2) is 0 Å². The first-order valence-electron chi connectivity index (χ1n) is 7.42. The number of likely N-dealkylation sites (tertiary alicyclic amines) is 1. The van der Waals surface area contributed by atoms with Crippen LogP contribution in [0.15, 0.2) is 0 Å². The van der Waals surface area contributed by atoms with Crippen LogP contribution in [-0.4, -0.2) is 40.4 Å². The van der Waals surface area contributed by atoms with E-state index in [9.17, 15) is 18.0 Å². The highest BCUT2D eigenvalue weighted by Crippen LogP contribution is 2.33. The monoisotopic (exact) mass is 318 g/mol. The Kier molecular flexibility index (Phi) is 4.97. The standard InChI is InChI=1S/C14H21F3N4O/c1-9-12(10(2)20-19-9)11-6-4-3-5-7-21(11)13(22)18-8-14(15,16)17/h11H,3-8H2,1-2H3,(H,18,22)(H,19,20). The fourth-order valence-electron chi connectivity index (χ4n) is 2.98. The SMILES string of the molecule is Cc1n[nH]c(C)c1C1CCCCCN1C(=O)NCC(F)(F)F. The van der Waals surface area contributed by atoms with Gasteiger partial charge in [0.05, 0.1) is 11.7 Å². The molecule has 2 rings (SSSR count). The molecule has 2 heterocycles. The first-order valence-corrected chi connectivity index (χ1v) is 7.42. The molecule has 1 saturated heterocycles. The van der Waals surface area contributed by atoms with E-state index >= 15 is 0 Å². The minimum atomic E-state index is -4.40. The fourth-order valence-corrected chi connectivity index (χ4v) is 2.98. The number of aryl methyl sites for hydroxylation is 2. The zero-order chi connectivity index (χ0) is 16.3. The van der Waals surface area contributed by atoms with Crippen LogP contribution < -0.4 is 5.32 Å². The highest BCUT2D eigenvalue weighted by molar-refractivity contribution is 5.75. The summed E-state index contributed by atoms with van der Waals surface area (Å²) < 4.78 is 36.9. The summed E-state index contributed by atoms with van der Waals surface area (Å²) in [5.41, 5.74) is 2.57. The van der Waals surface area contributed by atoms with E-state index in [1.165, 1.54) is 4.90 Å². The molecule has 1 aliphatic rings. The van der Waals surface area contributed by atoms with E-state index in [4.69, 9.17) is 0 Å². The van der Waals surface area contributed by atoms with Gasteiger partial charge in [-0.25, -0.2) is 4.79 Å². The molecule has 22 heavy (non-hydrogen) atoms. The maximum atomic E-state index is 12.3. The molecule has 2 amide bonds. The molecule has 1 aliphatic heterocycles. The number of hydrogen-bond acceptors (Lipinski definition) is 2. The van der Waals surface area contributed by atoms with Gasteiger partial charge in [0.1, 0.15) is 6.54 Å².